The van der Waals surface area contributed by atoms with Crippen molar-refractivity contribution in [2.24, 2.45) is 0 Å². The summed E-state index contributed by atoms with van der Waals surface area (Å²) in [6.45, 7) is 7.58. The molecule has 0 bridgehead atoms. The van der Waals surface area contributed by atoms with E-state index in [1.807, 2.05) is 19.2 Å². The van der Waals surface area contributed by atoms with Crippen LogP contribution in [0.25, 0.3) is 0 Å². The molecule has 1 aliphatic rings. The lowest BCUT2D eigenvalue weighted by molar-refractivity contribution is 0.515. The Morgan fingerprint density at radius 3 is 2.73 bits per heavy atom. The first-order valence-corrected chi connectivity index (χ1v) is 5.50. The van der Waals surface area contributed by atoms with Gasteiger partial charge in [0.1, 0.15) is 0 Å². The second kappa shape index (κ2) is 3.40. The van der Waals surface area contributed by atoms with Gasteiger partial charge in [-0.1, -0.05) is 0 Å². The van der Waals surface area contributed by atoms with Crippen molar-refractivity contribution in [1.82, 2.24) is 4.98 Å². The van der Waals surface area contributed by atoms with Crippen LogP contribution in [0.4, 0.5) is 11.5 Å². The van der Waals surface area contributed by atoms with Gasteiger partial charge in [0.05, 0.1) is 5.69 Å². The number of pyridine rings is 1. The van der Waals surface area contributed by atoms with Gasteiger partial charge in [-0.05, 0) is 45.2 Å². The molecular formula is C12H19N3. The number of hydrogen-bond donors (Lipinski definition) is 1. The van der Waals surface area contributed by atoms with Gasteiger partial charge in [-0.25, -0.2) is 4.98 Å². The highest BCUT2D eigenvalue weighted by Gasteiger charge is 2.33. The van der Waals surface area contributed by atoms with Gasteiger partial charge in [0.2, 0.25) is 0 Å². The monoisotopic (exact) mass is 205 g/mol. The summed E-state index contributed by atoms with van der Waals surface area (Å²) < 4.78 is 0. The smallest absolute Gasteiger partial charge is 0.152 e. The zero-order chi connectivity index (χ0) is 11.1. The van der Waals surface area contributed by atoms with Crippen molar-refractivity contribution < 1.29 is 0 Å². The van der Waals surface area contributed by atoms with Gasteiger partial charge in [-0.15, -0.1) is 0 Å². The van der Waals surface area contributed by atoms with Crippen molar-refractivity contribution >= 4 is 11.5 Å². The van der Waals surface area contributed by atoms with Crippen LogP contribution in [-0.2, 0) is 0 Å². The maximum atomic E-state index is 6.02. The number of aryl methyl sites for hydroxylation is 1. The van der Waals surface area contributed by atoms with Crippen LogP contribution in [0.2, 0.25) is 0 Å². The molecular weight excluding hydrogens is 186 g/mol. The third kappa shape index (κ3) is 1.78. The number of hydrogen-bond acceptors (Lipinski definition) is 3. The Hall–Kier alpha value is -1.25. The average Bonchev–Trinajstić information content (AvgIpc) is 2.46. The fourth-order valence-electron chi connectivity index (χ4n) is 2.31. The summed E-state index contributed by atoms with van der Waals surface area (Å²) in [6, 6.07) is 2.00. The van der Waals surface area contributed by atoms with Crippen molar-refractivity contribution in [3.63, 3.8) is 0 Å². The van der Waals surface area contributed by atoms with E-state index in [-0.39, 0.29) is 5.54 Å². The predicted octanol–water partition coefficient (Wildman–Crippen LogP) is 2.35. The maximum absolute atomic E-state index is 6.02. The average molecular weight is 205 g/mol. The molecule has 0 aromatic carbocycles. The molecule has 1 aromatic rings. The van der Waals surface area contributed by atoms with Crippen molar-refractivity contribution in [2.75, 3.05) is 17.2 Å². The minimum atomic E-state index is 0.191. The molecule has 0 spiro atoms. The van der Waals surface area contributed by atoms with Crippen molar-refractivity contribution in [2.45, 2.75) is 39.2 Å². The molecule has 1 saturated heterocycles. The zero-order valence-corrected chi connectivity index (χ0v) is 9.75. The molecule has 0 atom stereocenters. The summed E-state index contributed by atoms with van der Waals surface area (Å²) in [5.41, 5.74) is 8.12. The first kappa shape index (κ1) is 10.3. The van der Waals surface area contributed by atoms with E-state index in [9.17, 15) is 0 Å². The minimum Gasteiger partial charge on any atom is -0.396 e. The summed E-state index contributed by atoms with van der Waals surface area (Å²) in [6.07, 6.45) is 4.32. The van der Waals surface area contributed by atoms with Gasteiger partial charge < -0.3 is 10.6 Å². The number of nitrogen functional groups attached to an aromatic ring is 1. The van der Waals surface area contributed by atoms with Crippen LogP contribution in [0.15, 0.2) is 12.3 Å². The highest BCUT2D eigenvalue weighted by Crippen LogP contribution is 2.35. The predicted molar refractivity (Wildman–Crippen MR) is 64.0 cm³/mol. The van der Waals surface area contributed by atoms with Gasteiger partial charge in [-0.3, -0.25) is 0 Å². The first-order chi connectivity index (χ1) is 7.00. The molecule has 0 saturated carbocycles. The Labute approximate surface area is 91.3 Å². The molecule has 3 nitrogen and oxygen atoms in total. The Kier molecular flexibility index (Phi) is 2.33. The van der Waals surface area contributed by atoms with E-state index in [2.05, 4.69) is 23.7 Å². The van der Waals surface area contributed by atoms with Crippen LogP contribution in [0.5, 0.6) is 0 Å². The third-order valence-corrected chi connectivity index (χ3v) is 3.19. The molecule has 0 amide bonds. The molecule has 82 valence electrons. The summed E-state index contributed by atoms with van der Waals surface area (Å²) in [7, 11) is 0. The second-order valence-corrected chi connectivity index (χ2v) is 4.99. The summed E-state index contributed by atoms with van der Waals surface area (Å²) in [5, 5.41) is 0. The molecule has 15 heavy (non-hydrogen) atoms. The van der Waals surface area contributed by atoms with Crippen LogP contribution < -0.4 is 10.6 Å². The topological polar surface area (TPSA) is 42.2 Å². The fraction of sp³-hybridized carbons (Fsp3) is 0.583. The molecule has 0 radical (unpaired) electrons. The van der Waals surface area contributed by atoms with Gasteiger partial charge in [0.25, 0.3) is 0 Å². The van der Waals surface area contributed by atoms with Gasteiger partial charge >= 0.3 is 0 Å². The molecule has 2 heterocycles. The van der Waals surface area contributed by atoms with Crippen LogP contribution >= 0.6 is 0 Å². The first-order valence-electron chi connectivity index (χ1n) is 5.50. The Balaban J connectivity index is 2.37. The highest BCUT2D eigenvalue weighted by atomic mass is 15.3. The van der Waals surface area contributed by atoms with Crippen LogP contribution in [0, 0.1) is 6.92 Å². The van der Waals surface area contributed by atoms with E-state index in [1.165, 1.54) is 12.8 Å². The SMILES string of the molecule is Cc1cnc(N2CCCC2(C)C)c(N)c1. The maximum Gasteiger partial charge on any atom is 0.152 e. The highest BCUT2D eigenvalue weighted by molar-refractivity contribution is 5.64. The third-order valence-electron chi connectivity index (χ3n) is 3.19. The van der Waals surface area contributed by atoms with E-state index in [0.29, 0.717) is 0 Å². The zero-order valence-electron chi connectivity index (χ0n) is 9.75. The fourth-order valence-corrected chi connectivity index (χ4v) is 2.31. The summed E-state index contributed by atoms with van der Waals surface area (Å²) in [5.74, 6) is 0.947. The Morgan fingerprint density at radius 1 is 1.47 bits per heavy atom. The van der Waals surface area contributed by atoms with Crippen LogP contribution in [0.1, 0.15) is 32.3 Å². The lowest BCUT2D eigenvalue weighted by Crippen LogP contribution is -2.39. The van der Waals surface area contributed by atoms with E-state index < -0.39 is 0 Å². The molecule has 2 rings (SSSR count). The van der Waals surface area contributed by atoms with Crippen molar-refractivity contribution in [3.8, 4) is 0 Å². The molecule has 0 unspecified atom stereocenters. The molecule has 1 fully saturated rings. The number of anilines is 2. The van der Waals surface area contributed by atoms with Gasteiger partial charge in [0.15, 0.2) is 5.82 Å². The van der Waals surface area contributed by atoms with Crippen molar-refractivity contribution in [1.29, 1.82) is 0 Å². The van der Waals surface area contributed by atoms with Crippen LogP contribution in [-0.4, -0.2) is 17.1 Å². The minimum absolute atomic E-state index is 0.191. The number of nitrogens with two attached hydrogens (primary N) is 1. The number of rotatable bonds is 1. The quantitative estimate of drug-likeness (QED) is 0.765. The van der Waals surface area contributed by atoms with Crippen molar-refractivity contribution in [3.05, 3.63) is 17.8 Å². The number of nitrogens with zero attached hydrogens (tertiary/aromatic N) is 2. The largest absolute Gasteiger partial charge is 0.396 e. The summed E-state index contributed by atoms with van der Waals surface area (Å²) in [4.78, 5) is 6.78. The van der Waals surface area contributed by atoms with Gasteiger partial charge in [0, 0.05) is 18.3 Å². The molecule has 1 aliphatic heterocycles. The van der Waals surface area contributed by atoms with Crippen LogP contribution in [0.3, 0.4) is 0 Å². The van der Waals surface area contributed by atoms with E-state index in [0.717, 1.165) is 23.6 Å². The standard InChI is InChI=1S/C12H19N3/c1-9-7-10(13)11(14-8-9)15-6-4-5-12(15,2)3/h7-8H,4-6,13H2,1-3H3. The van der Waals surface area contributed by atoms with Gasteiger partial charge in [-0.2, -0.15) is 0 Å². The number of aromatic nitrogens is 1. The summed E-state index contributed by atoms with van der Waals surface area (Å²) >= 11 is 0. The lowest BCUT2D eigenvalue weighted by Gasteiger charge is -2.33. The Bertz CT molecular complexity index is 371. The van der Waals surface area contributed by atoms with E-state index in [1.54, 1.807) is 0 Å². The van der Waals surface area contributed by atoms with E-state index >= 15 is 0 Å². The Morgan fingerprint density at radius 2 is 2.20 bits per heavy atom. The molecule has 3 heteroatoms. The second-order valence-electron chi connectivity index (χ2n) is 4.99. The molecule has 1 aromatic heterocycles. The normalized spacial score (nSPS) is 19.5. The lowest BCUT2D eigenvalue weighted by atomic mass is 10.0. The van der Waals surface area contributed by atoms with E-state index in [4.69, 9.17) is 5.73 Å². The molecule has 2 N–H and O–H groups in total. The molecule has 0 aliphatic carbocycles.